The van der Waals surface area contributed by atoms with Crippen LogP contribution in [0.2, 0.25) is 0 Å². The van der Waals surface area contributed by atoms with Crippen molar-refractivity contribution >= 4 is 45.8 Å². The maximum atomic E-state index is 12.8. The first-order valence-corrected chi connectivity index (χ1v) is 10.5. The number of fused-ring (bicyclic) bond motifs is 1. The van der Waals surface area contributed by atoms with Crippen LogP contribution in [-0.4, -0.2) is 64.3 Å². The maximum absolute atomic E-state index is 12.8. The number of rotatable bonds is 4. The number of imide groups is 1. The number of benzene rings is 1. The zero-order valence-electron chi connectivity index (χ0n) is 16.5. The molecule has 0 radical (unpaired) electrons. The molecule has 3 heterocycles. The first-order valence-electron chi connectivity index (χ1n) is 9.66. The quantitative estimate of drug-likeness (QED) is 0.720. The predicted molar refractivity (Wildman–Crippen MR) is 112 cm³/mol. The van der Waals surface area contributed by atoms with Crippen LogP contribution in [0.25, 0.3) is 17.0 Å². The Balaban J connectivity index is 1.58. The van der Waals surface area contributed by atoms with Gasteiger partial charge in [-0.3, -0.25) is 19.3 Å². The maximum Gasteiger partial charge on any atom is 0.294 e. The van der Waals surface area contributed by atoms with Crippen LogP contribution >= 0.6 is 11.8 Å². The minimum Gasteiger partial charge on any atom is -0.378 e. The Morgan fingerprint density at radius 2 is 1.93 bits per heavy atom. The summed E-state index contributed by atoms with van der Waals surface area (Å²) in [6, 6.07) is 8.25. The molecule has 0 spiro atoms. The highest BCUT2D eigenvalue weighted by atomic mass is 32.2. The minimum atomic E-state index is -0.414. The second-order valence-electron chi connectivity index (χ2n) is 7.36. The van der Waals surface area contributed by atoms with Crippen molar-refractivity contribution in [3.63, 3.8) is 0 Å². The van der Waals surface area contributed by atoms with Gasteiger partial charge < -0.3 is 14.2 Å². The van der Waals surface area contributed by atoms with Crippen molar-refractivity contribution in [2.24, 2.45) is 0 Å². The van der Waals surface area contributed by atoms with Crippen molar-refractivity contribution in [1.82, 2.24) is 14.4 Å². The summed E-state index contributed by atoms with van der Waals surface area (Å²) in [6.45, 7) is 5.90. The lowest BCUT2D eigenvalue weighted by atomic mass is 10.1. The monoisotopic (exact) mass is 413 g/mol. The third-order valence-corrected chi connectivity index (χ3v) is 6.05. The van der Waals surface area contributed by atoms with Crippen molar-refractivity contribution < 1.29 is 19.1 Å². The summed E-state index contributed by atoms with van der Waals surface area (Å²) in [4.78, 5) is 40.7. The number of aromatic nitrogens is 1. The van der Waals surface area contributed by atoms with Crippen LogP contribution in [0.3, 0.4) is 0 Å². The van der Waals surface area contributed by atoms with Gasteiger partial charge >= 0.3 is 0 Å². The van der Waals surface area contributed by atoms with Gasteiger partial charge in [-0.05, 0) is 37.8 Å². The number of hydrogen-bond acceptors (Lipinski definition) is 5. The van der Waals surface area contributed by atoms with Crippen molar-refractivity contribution in [3.8, 4) is 0 Å². The van der Waals surface area contributed by atoms with E-state index in [4.69, 9.17) is 4.74 Å². The van der Waals surface area contributed by atoms with Crippen LogP contribution < -0.4 is 0 Å². The predicted octanol–water partition coefficient (Wildman–Crippen LogP) is 3.12. The van der Waals surface area contributed by atoms with E-state index in [0.717, 1.165) is 33.1 Å². The Morgan fingerprint density at radius 1 is 1.21 bits per heavy atom. The number of amides is 3. The number of hydrogen-bond donors (Lipinski definition) is 0. The fourth-order valence-corrected chi connectivity index (χ4v) is 4.43. The number of nitrogens with zero attached hydrogens (tertiary/aromatic N) is 3. The topological polar surface area (TPSA) is 71.8 Å². The first-order chi connectivity index (χ1) is 14.0. The van der Waals surface area contributed by atoms with Crippen molar-refractivity contribution in [3.05, 3.63) is 40.9 Å². The van der Waals surface area contributed by atoms with Crippen LogP contribution in [-0.2, 0) is 14.3 Å². The lowest BCUT2D eigenvalue weighted by Gasteiger charge is -2.28. The smallest absolute Gasteiger partial charge is 0.294 e. The molecule has 2 aromatic rings. The lowest BCUT2D eigenvalue weighted by Crippen LogP contribution is -2.46. The highest BCUT2D eigenvalue weighted by molar-refractivity contribution is 8.18. The summed E-state index contributed by atoms with van der Waals surface area (Å²) < 4.78 is 7.39. The van der Waals surface area contributed by atoms with Gasteiger partial charge in [-0.25, -0.2) is 0 Å². The van der Waals surface area contributed by atoms with Gasteiger partial charge in [0.2, 0.25) is 5.91 Å². The average molecular weight is 413 g/mol. The molecular formula is C21H23N3O4S. The standard InChI is InChI=1S/C21H23N3O4S/c1-14(2)23-12-15(16-5-3-4-6-17(16)23)11-18-20(26)24(21(27)29-18)13-19(25)22-7-9-28-10-8-22/h3-6,11-12,14H,7-10,13H2,1-2H3/b18-11-. The summed E-state index contributed by atoms with van der Waals surface area (Å²) in [6.07, 6.45) is 3.76. The third-order valence-electron chi connectivity index (χ3n) is 5.15. The summed E-state index contributed by atoms with van der Waals surface area (Å²) in [7, 11) is 0. The molecule has 152 valence electrons. The van der Waals surface area contributed by atoms with E-state index >= 15 is 0 Å². The van der Waals surface area contributed by atoms with E-state index in [-0.39, 0.29) is 18.5 Å². The first kappa shape index (κ1) is 19.7. The number of morpholine rings is 1. The van der Waals surface area contributed by atoms with E-state index in [1.54, 1.807) is 11.0 Å². The van der Waals surface area contributed by atoms with E-state index in [1.807, 2.05) is 30.5 Å². The fraction of sp³-hybridized carbons (Fsp3) is 0.381. The van der Waals surface area contributed by atoms with Gasteiger partial charge in [0.15, 0.2) is 0 Å². The number of para-hydroxylation sites is 1. The fourth-order valence-electron chi connectivity index (χ4n) is 3.60. The van der Waals surface area contributed by atoms with E-state index < -0.39 is 11.1 Å². The molecule has 2 aliphatic heterocycles. The van der Waals surface area contributed by atoms with Crippen LogP contribution in [0.4, 0.5) is 4.79 Å². The number of ether oxygens (including phenoxy) is 1. The molecule has 0 bridgehead atoms. The normalized spacial score (nSPS) is 19.2. The molecule has 2 saturated heterocycles. The van der Waals surface area contributed by atoms with Gasteiger partial charge in [0, 0.05) is 41.8 Å². The molecule has 29 heavy (non-hydrogen) atoms. The van der Waals surface area contributed by atoms with Crippen molar-refractivity contribution in [2.75, 3.05) is 32.8 Å². The molecule has 2 aliphatic rings. The molecule has 2 fully saturated rings. The molecule has 4 rings (SSSR count). The average Bonchev–Trinajstić information content (AvgIpc) is 3.22. The van der Waals surface area contributed by atoms with Gasteiger partial charge in [0.05, 0.1) is 18.1 Å². The van der Waals surface area contributed by atoms with Gasteiger partial charge in [-0.15, -0.1) is 0 Å². The summed E-state index contributed by atoms with van der Waals surface area (Å²) in [5.74, 6) is -0.642. The minimum absolute atomic E-state index is 0.226. The van der Waals surface area contributed by atoms with Gasteiger partial charge in [-0.2, -0.15) is 0 Å². The molecular weight excluding hydrogens is 390 g/mol. The Kier molecular flexibility index (Phi) is 5.47. The molecule has 7 nitrogen and oxygen atoms in total. The SMILES string of the molecule is CC(C)n1cc(/C=C2\SC(=O)N(CC(=O)N3CCOCC3)C2=O)c2ccccc21. The molecule has 1 aromatic heterocycles. The Hall–Kier alpha value is -2.58. The van der Waals surface area contributed by atoms with E-state index in [2.05, 4.69) is 18.4 Å². The summed E-state index contributed by atoms with van der Waals surface area (Å²) >= 11 is 0.885. The Labute approximate surface area is 173 Å². The zero-order chi connectivity index (χ0) is 20.5. The van der Waals surface area contributed by atoms with Crippen LogP contribution in [0, 0.1) is 0 Å². The zero-order valence-corrected chi connectivity index (χ0v) is 17.3. The highest BCUT2D eigenvalue weighted by Crippen LogP contribution is 2.34. The largest absolute Gasteiger partial charge is 0.378 e. The molecule has 3 amide bonds. The van der Waals surface area contributed by atoms with Crippen LogP contribution in [0.5, 0.6) is 0 Å². The second-order valence-corrected chi connectivity index (χ2v) is 8.36. The lowest BCUT2D eigenvalue weighted by molar-refractivity contribution is -0.139. The summed E-state index contributed by atoms with van der Waals surface area (Å²) in [5, 5.41) is 0.618. The highest BCUT2D eigenvalue weighted by Gasteiger charge is 2.37. The van der Waals surface area contributed by atoms with Gasteiger partial charge in [0.1, 0.15) is 6.54 Å². The van der Waals surface area contributed by atoms with E-state index in [0.29, 0.717) is 31.2 Å². The molecule has 0 atom stereocenters. The van der Waals surface area contributed by atoms with E-state index in [9.17, 15) is 14.4 Å². The molecule has 0 N–H and O–H groups in total. The number of thioether (sulfide) groups is 1. The van der Waals surface area contributed by atoms with Gasteiger partial charge in [-0.1, -0.05) is 18.2 Å². The Bertz CT molecular complexity index is 1000. The molecule has 0 aliphatic carbocycles. The van der Waals surface area contributed by atoms with E-state index in [1.165, 1.54) is 0 Å². The molecule has 1 aromatic carbocycles. The molecule has 0 saturated carbocycles. The Morgan fingerprint density at radius 3 is 2.66 bits per heavy atom. The molecule has 8 heteroatoms. The summed E-state index contributed by atoms with van der Waals surface area (Å²) in [5.41, 5.74) is 1.97. The second kappa shape index (κ2) is 8.04. The number of carbonyl (C=O) groups excluding carboxylic acids is 3. The van der Waals surface area contributed by atoms with Crippen LogP contribution in [0.1, 0.15) is 25.5 Å². The third kappa shape index (κ3) is 3.82. The van der Waals surface area contributed by atoms with Crippen molar-refractivity contribution in [1.29, 1.82) is 0 Å². The van der Waals surface area contributed by atoms with Gasteiger partial charge in [0.25, 0.3) is 11.1 Å². The molecule has 0 unspecified atom stereocenters. The van der Waals surface area contributed by atoms with Crippen LogP contribution in [0.15, 0.2) is 35.4 Å². The number of carbonyl (C=O) groups is 3. The van der Waals surface area contributed by atoms with Crippen molar-refractivity contribution in [2.45, 2.75) is 19.9 Å².